The van der Waals surface area contributed by atoms with Crippen LogP contribution in [0.15, 0.2) is 36.4 Å². The first-order valence-corrected chi connectivity index (χ1v) is 7.57. The Balaban J connectivity index is 2.23. The molecule has 0 aliphatic rings. The molecule has 3 N–H and O–H groups in total. The second kappa shape index (κ2) is 6.20. The van der Waals surface area contributed by atoms with E-state index in [4.69, 9.17) is 28.9 Å². The van der Waals surface area contributed by atoms with Crippen molar-refractivity contribution >= 4 is 57.2 Å². The molecule has 19 heavy (non-hydrogen) atoms. The monoisotopic (exact) mass is 406 g/mol. The Morgan fingerprint density at radius 3 is 2.53 bits per heavy atom. The van der Waals surface area contributed by atoms with Gasteiger partial charge in [-0.05, 0) is 65.4 Å². The molecule has 0 saturated heterocycles. The summed E-state index contributed by atoms with van der Waals surface area (Å²) in [7, 11) is 0. The SMILES string of the molecule is CC(Nc1ccc(N)cc1I)c1ccc(Cl)cc1Cl. The lowest BCUT2D eigenvalue weighted by Gasteiger charge is -2.18. The Bertz CT molecular complexity index is 602. The van der Waals surface area contributed by atoms with Gasteiger partial charge in [-0.15, -0.1) is 0 Å². The van der Waals surface area contributed by atoms with Crippen LogP contribution in [-0.2, 0) is 0 Å². The topological polar surface area (TPSA) is 38.0 Å². The summed E-state index contributed by atoms with van der Waals surface area (Å²) < 4.78 is 1.08. The van der Waals surface area contributed by atoms with Gasteiger partial charge in [0.1, 0.15) is 0 Å². The van der Waals surface area contributed by atoms with E-state index in [2.05, 4.69) is 34.8 Å². The molecule has 1 atom stereocenters. The maximum atomic E-state index is 6.21. The smallest absolute Gasteiger partial charge is 0.0500 e. The van der Waals surface area contributed by atoms with E-state index in [0.717, 1.165) is 20.5 Å². The molecular weight excluding hydrogens is 394 g/mol. The molecule has 2 rings (SSSR count). The van der Waals surface area contributed by atoms with Crippen LogP contribution in [0, 0.1) is 3.57 Å². The lowest BCUT2D eigenvalue weighted by Crippen LogP contribution is -2.08. The molecule has 100 valence electrons. The van der Waals surface area contributed by atoms with Crippen LogP contribution in [0.1, 0.15) is 18.5 Å². The number of hydrogen-bond donors (Lipinski definition) is 2. The first kappa shape index (κ1) is 14.8. The summed E-state index contributed by atoms with van der Waals surface area (Å²) in [6, 6.07) is 11.4. The quantitative estimate of drug-likeness (QED) is 0.532. The van der Waals surface area contributed by atoms with E-state index in [-0.39, 0.29) is 6.04 Å². The highest BCUT2D eigenvalue weighted by Crippen LogP contribution is 2.30. The minimum Gasteiger partial charge on any atom is -0.399 e. The van der Waals surface area contributed by atoms with Crippen molar-refractivity contribution in [3.63, 3.8) is 0 Å². The van der Waals surface area contributed by atoms with Crippen molar-refractivity contribution in [3.8, 4) is 0 Å². The zero-order chi connectivity index (χ0) is 14.0. The molecule has 0 aromatic heterocycles. The van der Waals surface area contributed by atoms with Crippen LogP contribution in [0.3, 0.4) is 0 Å². The third-order valence-electron chi connectivity index (χ3n) is 2.79. The predicted octanol–water partition coefficient (Wildman–Crippen LogP) is 5.35. The summed E-state index contributed by atoms with van der Waals surface area (Å²) in [4.78, 5) is 0. The number of halogens is 3. The maximum Gasteiger partial charge on any atom is 0.0500 e. The molecule has 1 unspecified atom stereocenters. The molecule has 0 radical (unpaired) electrons. The third-order valence-corrected chi connectivity index (χ3v) is 4.25. The van der Waals surface area contributed by atoms with E-state index in [1.54, 1.807) is 6.07 Å². The van der Waals surface area contributed by atoms with Gasteiger partial charge in [-0.25, -0.2) is 0 Å². The van der Waals surface area contributed by atoms with Crippen LogP contribution in [0.25, 0.3) is 0 Å². The molecule has 0 aliphatic heterocycles. The Labute approximate surface area is 136 Å². The van der Waals surface area contributed by atoms with Crippen LogP contribution in [0.2, 0.25) is 10.0 Å². The molecule has 2 aromatic rings. The van der Waals surface area contributed by atoms with Crippen LogP contribution >= 0.6 is 45.8 Å². The van der Waals surface area contributed by atoms with E-state index in [1.807, 2.05) is 30.3 Å². The van der Waals surface area contributed by atoms with Gasteiger partial charge in [-0.2, -0.15) is 0 Å². The van der Waals surface area contributed by atoms with Crippen molar-refractivity contribution in [1.82, 2.24) is 0 Å². The number of hydrogen-bond acceptors (Lipinski definition) is 2. The highest BCUT2D eigenvalue weighted by atomic mass is 127. The van der Waals surface area contributed by atoms with Gasteiger partial charge >= 0.3 is 0 Å². The van der Waals surface area contributed by atoms with Crippen molar-refractivity contribution < 1.29 is 0 Å². The van der Waals surface area contributed by atoms with Gasteiger partial charge in [0.2, 0.25) is 0 Å². The average molecular weight is 407 g/mol. The van der Waals surface area contributed by atoms with E-state index in [1.165, 1.54) is 0 Å². The molecule has 0 amide bonds. The Kier molecular flexibility index (Phi) is 4.81. The number of benzene rings is 2. The molecular formula is C14H13Cl2IN2. The fraction of sp³-hybridized carbons (Fsp3) is 0.143. The van der Waals surface area contributed by atoms with E-state index in [9.17, 15) is 0 Å². The fourth-order valence-corrected chi connectivity index (χ4v) is 3.08. The van der Waals surface area contributed by atoms with Crippen molar-refractivity contribution in [2.75, 3.05) is 11.1 Å². The number of nitrogen functional groups attached to an aromatic ring is 1. The largest absolute Gasteiger partial charge is 0.399 e. The Morgan fingerprint density at radius 2 is 1.89 bits per heavy atom. The standard InChI is InChI=1S/C14H13Cl2IN2/c1-8(11-4-2-9(15)6-12(11)16)19-14-5-3-10(18)7-13(14)17/h2-8,19H,18H2,1H3. The van der Waals surface area contributed by atoms with Crippen LogP contribution in [0.5, 0.6) is 0 Å². The average Bonchev–Trinajstić information content (AvgIpc) is 2.32. The van der Waals surface area contributed by atoms with Gasteiger partial charge in [-0.3, -0.25) is 0 Å². The number of nitrogens with one attached hydrogen (secondary N) is 1. The van der Waals surface area contributed by atoms with Gasteiger partial charge in [-0.1, -0.05) is 29.3 Å². The molecule has 5 heteroatoms. The van der Waals surface area contributed by atoms with E-state index < -0.39 is 0 Å². The number of rotatable bonds is 3. The molecule has 0 heterocycles. The summed E-state index contributed by atoms with van der Waals surface area (Å²) in [6.07, 6.45) is 0. The van der Waals surface area contributed by atoms with Crippen LogP contribution in [0.4, 0.5) is 11.4 Å². The third kappa shape index (κ3) is 3.68. The first-order valence-electron chi connectivity index (χ1n) is 5.74. The lowest BCUT2D eigenvalue weighted by atomic mass is 10.1. The molecule has 0 spiro atoms. The highest BCUT2D eigenvalue weighted by Gasteiger charge is 2.11. The van der Waals surface area contributed by atoms with Gasteiger partial charge < -0.3 is 11.1 Å². The maximum absolute atomic E-state index is 6.21. The number of anilines is 2. The Hall–Kier alpha value is -0.650. The van der Waals surface area contributed by atoms with Gasteiger partial charge in [0.25, 0.3) is 0 Å². The fourth-order valence-electron chi connectivity index (χ4n) is 1.81. The molecule has 0 bridgehead atoms. The van der Waals surface area contributed by atoms with E-state index >= 15 is 0 Å². The highest BCUT2D eigenvalue weighted by molar-refractivity contribution is 14.1. The summed E-state index contributed by atoms with van der Waals surface area (Å²) in [5, 5.41) is 4.73. The predicted molar refractivity (Wildman–Crippen MR) is 92.1 cm³/mol. The Morgan fingerprint density at radius 1 is 1.16 bits per heavy atom. The van der Waals surface area contributed by atoms with E-state index in [0.29, 0.717) is 10.0 Å². The minimum atomic E-state index is 0.0851. The van der Waals surface area contributed by atoms with Crippen LogP contribution < -0.4 is 11.1 Å². The molecule has 0 aliphatic carbocycles. The summed E-state index contributed by atoms with van der Waals surface area (Å²) in [5.74, 6) is 0. The molecule has 2 aromatic carbocycles. The van der Waals surface area contributed by atoms with Crippen molar-refractivity contribution in [1.29, 1.82) is 0 Å². The van der Waals surface area contributed by atoms with Gasteiger partial charge in [0, 0.05) is 25.0 Å². The summed E-state index contributed by atoms with van der Waals surface area (Å²) in [5.41, 5.74) is 8.55. The lowest BCUT2D eigenvalue weighted by molar-refractivity contribution is 0.884. The molecule has 0 fully saturated rings. The first-order chi connectivity index (χ1) is 8.97. The van der Waals surface area contributed by atoms with Gasteiger partial charge in [0.15, 0.2) is 0 Å². The summed E-state index contributed by atoms with van der Waals surface area (Å²) in [6.45, 7) is 2.06. The van der Waals surface area contributed by atoms with Crippen molar-refractivity contribution in [2.24, 2.45) is 0 Å². The summed E-state index contributed by atoms with van der Waals surface area (Å²) >= 11 is 14.4. The molecule has 2 nitrogen and oxygen atoms in total. The minimum absolute atomic E-state index is 0.0851. The van der Waals surface area contributed by atoms with Gasteiger partial charge in [0.05, 0.1) is 6.04 Å². The molecule has 0 saturated carbocycles. The number of nitrogens with two attached hydrogens (primary N) is 1. The van der Waals surface area contributed by atoms with Crippen molar-refractivity contribution in [3.05, 3.63) is 55.6 Å². The normalized spacial score (nSPS) is 12.2. The second-order valence-electron chi connectivity index (χ2n) is 4.27. The zero-order valence-corrected chi connectivity index (χ0v) is 13.9. The second-order valence-corrected chi connectivity index (χ2v) is 6.28. The zero-order valence-electron chi connectivity index (χ0n) is 10.3. The van der Waals surface area contributed by atoms with Crippen molar-refractivity contribution in [2.45, 2.75) is 13.0 Å². The van der Waals surface area contributed by atoms with Crippen LogP contribution in [-0.4, -0.2) is 0 Å².